The van der Waals surface area contributed by atoms with Crippen molar-refractivity contribution in [2.75, 3.05) is 6.54 Å². The molecule has 0 radical (unpaired) electrons. The number of hydrogen-bond donors (Lipinski definition) is 1. The number of carbonyl (C=O) groups is 2. The van der Waals surface area contributed by atoms with Crippen LogP contribution in [0.5, 0.6) is 0 Å². The van der Waals surface area contributed by atoms with Gasteiger partial charge >= 0.3 is 0 Å². The Bertz CT molecular complexity index is 259. The molecule has 0 aromatic rings. The lowest BCUT2D eigenvalue weighted by molar-refractivity contribution is -0.129. The summed E-state index contributed by atoms with van der Waals surface area (Å²) in [4.78, 5) is 23.3. The number of ketones is 1. The largest absolute Gasteiger partial charge is 0.356 e. The van der Waals surface area contributed by atoms with Crippen molar-refractivity contribution in [1.82, 2.24) is 5.32 Å². The van der Waals surface area contributed by atoms with Crippen molar-refractivity contribution in [3.8, 4) is 0 Å². The first-order valence-corrected chi connectivity index (χ1v) is 7.24. The van der Waals surface area contributed by atoms with Gasteiger partial charge in [-0.1, -0.05) is 40.5 Å². The van der Waals surface area contributed by atoms with Gasteiger partial charge in [-0.15, -0.1) is 0 Å². The fraction of sp³-hybridized carbons (Fsp3) is 0.867. The molecule has 0 rings (SSSR count). The predicted octanol–water partition coefficient (Wildman–Crippen LogP) is 3.47. The monoisotopic (exact) mass is 255 g/mol. The highest BCUT2D eigenvalue weighted by molar-refractivity contribution is 5.82. The third-order valence-corrected chi connectivity index (χ3v) is 3.48. The van der Waals surface area contributed by atoms with Gasteiger partial charge in [0, 0.05) is 24.8 Å². The van der Waals surface area contributed by atoms with E-state index in [9.17, 15) is 9.59 Å². The Morgan fingerprint density at radius 1 is 1.00 bits per heavy atom. The Balaban J connectivity index is 3.62. The van der Waals surface area contributed by atoms with Crippen molar-refractivity contribution in [2.24, 2.45) is 5.41 Å². The van der Waals surface area contributed by atoms with Gasteiger partial charge in [-0.3, -0.25) is 9.59 Å². The quantitative estimate of drug-likeness (QED) is 0.608. The molecule has 0 bridgehead atoms. The van der Waals surface area contributed by atoms with Gasteiger partial charge in [-0.05, 0) is 19.3 Å². The van der Waals surface area contributed by atoms with Crippen LogP contribution in [0.2, 0.25) is 0 Å². The smallest absolute Gasteiger partial charge is 0.225 e. The van der Waals surface area contributed by atoms with E-state index < -0.39 is 0 Å². The van der Waals surface area contributed by atoms with E-state index in [-0.39, 0.29) is 11.3 Å². The molecule has 0 fully saturated rings. The van der Waals surface area contributed by atoms with Crippen LogP contribution < -0.4 is 5.32 Å². The average Bonchev–Trinajstić information content (AvgIpc) is 2.34. The lowest BCUT2D eigenvalue weighted by Crippen LogP contribution is -2.37. The third-order valence-electron chi connectivity index (χ3n) is 3.48. The number of rotatable bonds is 10. The Hall–Kier alpha value is -0.860. The van der Waals surface area contributed by atoms with Crippen LogP contribution in [0.1, 0.15) is 72.6 Å². The van der Waals surface area contributed by atoms with Crippen molar-refractivity contribution in [3.05, 3.63) is 0 Å². The van der Waals surface area contributed by atoms with Crippen molar-refractivity contribution >= 4 is 11.7 Å². The van der Waals surface area contributed by atoms with Crippen LogP contribution in [0.15, 0.2) is 0 Å². The van der Waals surface area contributed by atoms with Crippen LogP contribution in [0.3, 0.4) is 0 Å². The molecule has 0 unspecified atom stereocenters. The summed E-state index contributed by atoms with van der Waals surface area (Å²) in [6, 6.07) is 0. The molecule has 0 aliphatic carbocycles. The molecule has 0 saturated carbocycles. The maximum Gasteiger partial charge on any atom is 0.225 e. The number of Topliss-reactive ketones (excluding diaryl/α,β-unsaturated/α-hetero) is 1. The normalized spacial score (nSPS) is 11.3. The van der Waals surface area contributed by atoms with Crippen LogP contribution in [-0.4, -0.2) is 18.2 Å². The van der Waals surface area contributed by atoms with Gasteiger partial charge in [0.1, 0.15) is 5.78 Å². The SMILES string of the molecule is CCCCCC(=O)CCCNC(=O)C(C)(C)CC. The molecule has 0 aliphatic heterocycles. The second-order valence-electron chi connectivity index (χ2n) is 5.59. The van der Waals surface area contributed by atoms with Crippen LogP contribution in [0.4, 0.5) is 0 Å². The second kappa shape index (κ2) is 9.12. The van der Waals surface area contributed by atoms with Gasteiger partial charge < -0.3 is 5.32 Å². The number of amides is 1. The first kappa shape index (κ1) is 17.1. The molecule has 0 aromatic carbocycles. The fourth-order valence-corrected chi connectivity index (χ4v) is 1.58. The molecular formula is C15H29NO2. The van der Waals surface area contributed by atoms with Crippen LogP contribution >= 0.6 is 0 Å². The maximum atomic E-state index is 11.8. The molecule has 0 heterocycles. The molecule has 0 saturated heterocycles. The summed E-state index contributed by atoms with van der Waals surface area (Å²) >= 11 is 0. The fourth-order valence-electron chi connectivity index (χ4n) is 1.58. The molecule has 106 valence electrons. The Labute approximate surface area is 112 Å². The summed E-state index contributed by atoms with van der Waals surface area (Å²) in [5, 5.41) is 2.91. The minimum Gasteiger partial charge on any atom is -0.356 e. The summed E-state index contributed by atoms with van der Waals surface area (Å²) in [6.07, 6.45) is 6.16. The third kappa shape index (κ3) is 7.46. The molecule has 1 amide bonds. The van der Waals surface area contributed by atoms with Crippen LogP contribution in [-0.2, 0) is 9.59 Å². The van der Waals surface area contributed by atoms with Gasteiger partial charge in [0.05, 0.1) is 0 Å². The maximum absolute atomic E-state index is 11.8. The number of hydrogen-bond acceptors (Lipinski definition) is 2. The highest BCUT2D eigenvalue weighted by Gasteiger charge is 2.24. The van der Waals surface area contributed by atoms with Crippen molar-refractivity contribution in [1.29, 1.82) is 0 Å². The molecule has 0 atom stereocenters. The van der Waals surface area contributed by atoms with Crippen LogP contribution in [0, 0.1) is 5.41 Å². The Kier molecular flexibility index (Phi) is 8.69. The van der Waals surface area contributed by atoms with Crippen LogP contribution in [0.25, 0.3) is 0 Å². The van der Waals surface area contributed by atoms with Gasteiger partial charge in [-0.25, -0.2) is 0 Å². The molecular weight excluding hydrogens is 226 g/mol. The van der Waals surface area contributed by atoms with E-state index in [1.165, 1.54) is 0 Å². The van der Waals surface area contributed by atoms with E-state index in [1.54, 1.807) is 0 Å². The average molecular weight is 255 g/mol. The van der Waals surface area contributed by atoms with Gasteiger partial charge in [0.15, 0.2) is 0 Å². The molecule has 3 nitrogen and oxygen atoms in total. The topological polar surface area (TPSA) is 46.2 Å². The first-order chi connectivity index (χ1) is 8.44. The van der Waals surface area contributed by atoms with E-state index in [4.69, 9.17) is 0 Å². The predicted molar refractivity (Wildman–Crippen MR) is 75.5 cm³/mol. The zero-order valence-corrected chi connectivity index (χ0v) is 12.5. The standard InChI is InChI=1S/C15H29NO2/c1-5-7-8-10-13(17)11-9-12-16-14(18)15(3,4)6-2/h5-12H2,1-4H3,(H,16,18). The summed E-state index contributed by atoms with van der Waals surface area (Å²) in [7, 11) is 0. The van der Waals surface area contributed by atoms with Gasteiger partial charge in [-0.2, -0.15) is 0 Å². The summed E-state index contributed by atoms with van der Waals surface area (Å²) < 4.78 is 0. The lowest BCUT2D eigenvalue weighted by atomic mass is 9.89. The molecule has 0 aliphatic rings. The highest BCUT2D eigenvalue weighted by Crippen LogP contribution is 2.19. The van der Waals surface area contributed by atoms with Crippen molar-refractivity contribution in [3.63, 3.8) is 0 Å². The van der Waals surface area contributed by atoms with E-state index in [0.29, 0.717) is 25.2 Å². The molecule has 1 N–H and O–H groups in total. The van der Waals surface area contributed by atoms with E-state index in [1.807, 2.05) is 20.8 Å². The molecule has 18 heavy (non-hydrogen) atoms. The van der Waals surface area contributed by atoms with Crippen molar-refractivity contribution < 1.29 is 9.59 Å². The summed E-state index contributed by atoms with van der Waals surface area (Å²) in [5.41, 5.74) is -0.300. The van der Waals surface area contributed by atoms with E-state index in [0.717, 1.165) is 32.1 Å². The minimum atomic E-state index is -0.300. The highest BCUT2D eigenvalue weighted by atomic mass is 16.2. The number of nitrogens with one attached hydrogen (secondary N) is 1. The summed E-state index contributed by atoms with van der Waals surface area (Å²) in [5.74, 6) is 0.413. The number of carbonyl (C=O) groups excluding carboxylic acids is 2. The van der Waals surface area contributed by atoms with Gasteiger partial charge in [0.25, 0.3) is 0 Å². The van der Waals surface area contributed by atoms with Crippen molar-refractivity contribution in [2.45, 2.75) is 72.6 Å². The Morgan fingerprint density at radius 3 is 2.17 bits per heavy atom. The van der Waals surface area contributed by atoms with E-state index in [2.05, 4.69) is 12.2 Å². The van der Waals surface area contributed by atoms with Gasteiger partial charge in [0.2, 0.25) is 5.91 Å². The molecule has 0 spiro atoms. The Morgan fingerprint density at radius 2 is 1.61 bits per heavy atom. The zero-order valence-electron chi connectivity index (χ0n) is 12.5. The van der Waals surface area contributed by atoms with E-state index >= 15 is 0 Å². The summed E-state index contributed by atoms with van der Waals surface area (Å²) in [6.45, 7) is 8.64. The number of unbranched alkanes of at least 4 members (excludes halogenated alkanes) is 2. The zero-order chi connectivity index (χ0) is 14.0. The molecule has 0 aromatic heterocycles. The second-order valence-corrected chi connectivity index (χ2v) is 5.59. The lowest BCUT2D eigenvalue weighted by Gasteiger charge is -2.21. The molecule has 3 heteroatoms. The first-order valence-electron chi connectivity index (χ1n) is 7.24. The minimum absolute atomic E-state index is 0.0865.